The van der Waals surface area contributed by atoms with E-state index in [4.69, 9.17) is 9.59 Å². The predicted octanol–water partition coefficient (Wildman–Crippen LogP) is -0.787. The molecule has 0 aromatic carbocycles. The number of rotatable bonds is 3. The molecule has 8 heavy (non-hydrogen) atoms. The van der Waals surface area contributed by atoms with Gasteiger partial charge >= 0.3 is 9.05 Å². The Labute approximate surface area is 48.5 Å². The van der Waals surface area contributed by atoms with E-state index < -0.39 is 9.05 Å². The molecule has 0 radical (unpaired) electrons. The highest BCUT2D eigenvalue weighted by atomic mass is 28.4. The first-order chi connectivity index (χ1) is 3.62. The summed E-state index contributed by atoms with van der Waals surface area (Å²) in [5.74, 6) is 0. The van der Waals surface area contributed by atoms with Crippen LogP contribution in [0, 0.1) is 0 Å². The molecular weight excluding hydrogens is 128 g/mol. The predicted molar refractivity (Wildman–Crippen MR) is 28.5 cm³/mol. The zero-order chi connectivity index (χ0) is 6.62. The van der Waals surface area contributed by atoms with Crippen molar-refractivity contribution in [3.63, 3.8) is 0 Å². The zero-order valence-corrected chi connectivity index (χ0v) is 5.50. The lowest BCUT2D eigenvalue weighted by Crippen LogP contribution is -2.39. The van der Waals surface area contributed by atoms with Crippen molar-refractivity contribution in [2.45, 2.75) is 0 Å². The van der Waals surface area contributed by atoms with E-state index in [1.807, 2.05) is 0 Å². The van der Waals surface area contributed by atoms with Crippen LogP contribution in [0.15, 0.2) is 12.8 Å². The van der Waals surface area contributed by atoms with Gasteiger partial charge in [-0.3, -0.25) is 0 Å². The standard InChI is InChI=1S/C3H8O4Si/c1-3-7-8(4,5)6-2/h3-5H,1H2,2H3. The van der Waals surface area contributed by atoms with E-state index in [9.17, 15) is 0 Å². The third-order valence-electron chi connectivity index (χ3n) is 0.503. The Kier molecular flexibility index (Phi) is 2.70. The van der Waals surface area contributed by atoms with Gasteiger partial charge in [-0.1, -0.05) is 6.58 Å². The lowest BCUT2D eigenvalue weighted by molar-refractivity contribution is 0.0792. The molecule has 0 saturated heterocycles. The van der Waals surface area contributed by atoms with Crippen LogP contribution >= 0.6 is 0 Å². The van der Waals surface area contributed by atoms with Crippen LogP contribution in [-0.2, 0) is 8.85 Å². The van der Waals surface area contributed by atoms with Gasteiger partial charge in [0.15, 0.2) is 0 Å². The second-order valence-electron chi connectivity index (χ2n) is 1.04. The van der Waals surface area contributed by atoms with Crippen LogP contribution in [-0.4, -0.2) is 25.7 Å². The van der Waals surface area contributed by atoms with Crippen molar-refractivity contribution in [1.29, 1.82) is 0 Å². The lowest BCUT2D eigenvalue weighted by Gasteiger charge is -2.10. The first-order valence-corrected chi connectivity index (χ1v) is 3.62. The van der Waals surface area contributed by atoms with E-state index in [0.29, 0.717) is 0 Å². The maximum atomic E-state index is 8.50. The third kappa shape index (κ3) is 2.75. The van der Waals surface area contributed by atoms with Crippen molar-refractivity contribution in [1.82, 2.24) is 0 Å². The zero-order valence-electron chi connectivity index (χ0n) is 4.50. The van der Waals surface area contributed by atoms with Gasteiger partial charge in [0.05, 0.1) is 6.26 Å². The Balaban J connectivity index is 3.53. The smallest absolute Gasteiger partial charge is 0.488 e. The first kappa shape index (κ1) is 7.64. The van der Waals surface area contributed by atoms with Gasteiger partial charge in [0.2, 0.25) is 0 Å². The molecule has 0 rings (SSSR count). The molecule has 0 amide bonds. The van der Waals surface area contributed by atoms with Crippen molar-refractivity contribution in [3.05, 3.63) is 12.8 Å². The van der Waals surface area contributed by atoms with Gasteiger partial charge in [-0.15, -0.1) is 0 Å². The van der Waals surface area contributed by atoms with Crippen molar-refractivity contribution < 1.29 is 18.4 Å². The van der Waals surface area contributed by atoms with Crippen LogP contribution in [0.1, 0.15) is 0 Å². The summed E-state index contributed by atoms with van der Waals surface area (Å²) in [6, 6.07) is 0. The largest absolute Gasteiger partial charge is 0.743 e. The third-order valence-corrected chi connectivity index (χ3v) is 1.51. The van der Waals surface area contributed by atoms with Crippen LogP contribution in [0.2, 0.25) is 0 Å². The maximum Gasteiger partial charge on any atom is 0.743 e. The molecule has 0 heterocycles. The molecule has 4 nitrogen and oxygen atoms in total. The highest BCUT2D eigenvalue weighted by molar-refractivity contribution is 6.50. The van der Waals surface area contributed by atoms with Gasteiger partial charge in [0, 0.05) is 7.11 Å². The summed E-state index contributed by atoms with van der Waals surface area (Å²) in [5, 5.41) is 0. The Bertz CT molecular complexity index is 81.4. The van der Waals surface area contributed by atoms with Crippen molar-refractivity contribution >= 4 is 9.05 Å². The Morgan fingerprint density at radius 2 is 2.12 bits per heavy atom. The van der Waals surface area contributed by atoms with Gasteiger partial charge in [0.1, 0.15) is 0 Å². The van der Waals surface area contributed by atoms with Crippen LogP contribution < -0.4 is 0 Å². The quantitative estimate of drug-likeness (QED) is 0.394. The van der Waals surface area contributed by atoms with Gasteiger partial charge in [-0.25, -0.2) is 0 Å². The van der Waals surface area contributed by atoms with Crippen LogP contribution in [0.5, 0.6) is 0 Å². The summed E-state index contributed by atoms with van der Waals surface area (Å²) in [6.45, 7) is 3.11. The average Bonchev–Trinajstić information content (AvgIpc) is 1.67. The lowest BCUT2D eigenvalue weighted by atomic mass is 11.2. The molecule has 0 fully saturated rings. The van der Waals surface area contributed by atoms with Crippen molar-refractivity contribution in [2.24, 2.45) is 0 Å². The van der Waals surface area contributed by atoms with E-state index in [2.05, 4.69) is 15.4 Å². The maximum absolute atomic E-state index is 8.50. The van der Waals surface area contributed by atoms with Crippen LogP contribution in [0.3, 0.4) is 0 Å². The Morgan fingerprint density at radius 3 is 2.25 bits per heavy atom. The molecular formula is C3H8O4Si. The van der Waals surface area contributed by atoms with Gasteiger partial charge in [-0.2, -0.15) is 0 Å². The summed E-state index contributed by atoms with van der Waals surface area (Å²) in [5.41, 5.74) is 0. The highest BCUT2D eigenvalue weighted by Crippen LogP contribution is 1.93. The molecule has 0 unspecified atom stereocenters. The first-order valence-electron chi connectivity index (χ1n) is 1.91. The normalized spacial score (nSPS) is 10.9. The second-order valence-corrected chi connectivity index (χ2v) is 2.78. The average molecular weight is 136 g/mol. The minimum atomic E-state index is -3.80. The Morgan fingerprint density at radius 1 is 1.62 bits per heavy atom. The van der Waals surface area contributed by atoms with Crippen LogP contribution in [0.4, 0.5) is 0 Å². The second kappa shape index (κ2) is 2.83. The molecule has 2 N–H and O–H groups in total. The molecule has 48 valence electrons. The number of hydrogen-bond donors (Lipinski definition) is 2. The molecule has 0 saturated carbocycles. The van der Waals surface area contributed by atoms with E-state index in [1.165, 1.54) is 0 Å². The molecule has 0 aliphatic heterocycles. The Hall–Kier alpha value is -0.363. The molecule has 5 heteroatoms. The highest BCUT2D eigenvalue weighted by Gasteiger charge is 2.35. The van der Waals surface area contributed by atoms with E-state index in [-0.39, 0.29) is 0 Å². The summed E-state index contributed by atoms with van der Waals surface area (Å²) >= 11 is 0. The molecule has 0 bridgehead atoms. The minimum Gasteiger partial charge on any atom is -0.488 e. The fraction of sp³-hybridized carbons (Fsp3) is 0.333. The van der Waals surface area contributed by atoms with Crippen molar-refractivity contribution in [2.75, 3.05) is 7.11 Å². The van der Waals surface area contributed by atoms with Crippen molar-refractivity contribution in [3.8, 4) is 0 Å². The van der Waals surface area contributed by atoms with Gasteiger partial charge in [-0.05, 0) is 0 Å². The topological polar surface area (TPSA) is 58.9 Å². The molecule has 0 spiro atoms. The fourth-order valence-corrected chi connectivity index (χ4v) is 0.470. The molecule has 0 atom stereocenters. The molecule has 0 aromatic rings. The fourth-order valence-electron chi connectivity index (χ4n) is 0.157. The summed E-state index contributed by atoms with van der Waals surface area (Å²) in [6.07, 6.45) is 0.926. The number of hydrogen-bond acceptors (Lipinski definition) is 4. The van der Waals surface area contributed by atoms with Crippen LogP contribution in [0.25, 0.3) is 0 Å². The SMILES string of the molecule is C=CO[Si](O)(O)OC. The summed E-state index contributed by atoms with van der Waals surface area (Å²) in [7, 11) is -2.65. The minimum absolute atomic E-state index is 0.926. The summed E-state index contributed by atoms with van der Waals surface area (Å²) in [4.78, 5) is 17.0. The molecule has 0 aromatic heterocycles. The van der Waals surface area contributed by atoms with E-state index >= 15 is 0 Å². The van der Waals surface area contributed by atoms with Gasteiger partial charge < -0.3 is 18.4 Å². The monoisotopic (exact) mass is 136 g/mol. The molecule has 0 aliphatic rings. The molecule has 0 aliphatic carbocycles. The van der Waals surface area contributed by atoms with Gasteiger partial charge in [0.25, 0.3) is 0 Å². The van der Waals surface area contributed by atoms with E-state index in [0.717, 1.165) is 13.4 Å². The summed E-state index contributed by atoms with van der Waals surface area (Å²) < 4.78 is 8.30. The van der Waals surface area contributed by atoms with E-state index in [1.54, 1.807) is 0 Å².